The van der Waals surface area contributed by atoms with Gasteiger partial charge in [-0.05, 0) is 82.9 Å². The third-order valence-electron chi connectivity index (χ3n) is 11.4. The SMILES string of the molecule is Nc1c(N=Nc2ccc3cc(S(=O)(=O)O)c(N=Nc4ccc(S(=O)(=O)O)cc4OC=O)c(O)c3c2)cc(S(=O)(=O)O)c2ccc(N=Nc3cc4c(O)c(N=Nc5cccc6ccccc56)ccc4cc3S(=O)(=O)O)c(O)c12.O=S(=O)=O.O=S(=O)=O.O=S(=O)=O.O=S(=O)=O. The Morgan fingerprint density at radius 3 is 1.42 bits per heavy atom. The van der Waals surface area contributed by atoms with E-state index in [-0.39, 0.29) is 44.8 Å². The number of carbonyl (C=O) groups is 1. The van der Waals surface area contributed by atoms with Crippen molar-refractivity contribution in [1.29, 1.82) is 0 Å². The molecule has 0 saturated carbocycles. The highest BCUT2D eigenvalue weighted by molar-refractivity contribution is 7.86. The molecule has 9 rings (SSSR count). The van der Waals surface area contributed by atoms with Crippen LogP contribution in [0.1, 0.15) is 0 Å². The quantitative estimate of drug-likeness (QED) is 0.0231. The van der Waals surface area contributed by atoms with Gasteiger partial charge in [0.25, 0.3) is 46.9 Å². The summed E-state index contributed by atoms with van der Waals surface area (Å²) in [6, 6.07) is 27.4. The second-order valence-corrected chi connectivity index (χ2v) is 24.2. The van der Waals surface area contributed by atoms with E-state index in [9.17, 15) is 72.0 Å². The number of rotatable bonds is 14. The van der Waals surface area contributed by atoms with Crippen molar-refractivity contribution in [2.24, 2.45) is 40.9 Å². The number of azo groups is 4. The van der Waals surface area contributed by atoms with E-state index in [4.69, 9.17) is 61.0 Å². The summed E-state index contributed by atoms with van der Waals surface area (Å²) in [5.74, 6) is -2.87. The molecule has 486 valence electrons. The monoisotopic (exact) mass is 1440 g/mol. The molecule has 0 heterocycles. The van der Waals surface area contributed by atoms with Gasteiger partial charge in [0, 0.05) is 27.6 Å². The van der Waals surface area contributed by atoms with Crippen molar-refractivity contribution < 1.29 is 127 Å². The first-order valence-electron chi connectivity index (χ1n) is 23.3. The standard InChI is InChI=1S/C47H31N9O17S4.4O3S/c48-43-37(55-49-26-10-8-24-17-41(77(70,71)72)44(46(59)30(24)18-26)56-51-33-14-11-27(74(61,62)63)19-38(33)73-22-57)21-39(75(64,65)66)29-12-15-35(47(60)42(29)43)53-54-36-20-31-25(16-40(36)76(67,68)69)9-13-34(45(31)58)52-50-32-7-3-5-23-4-1-2-6-28(23)32;4*1-4(2)3/h1-22,58-60H,48H2,(H,61,62,63)(H,64,65,66)(H,67,68,69)(H,70,71,72);;;;. The van der Waals surface area contributed by atoms with Gasteiger partial charge in [-0.1, -0.05) is 54.6 Å². The van der Waals surface area contributed by atoms with Crippen molar-refractivity contribution in [3.05, 3.63) is 127 Å². The topological polar surface area (TPSA) is 634 Å². The Hall–Kier alpha value is -10.8. The number of nitrogens with zero attached hydrogens (tertiary/aromatic N) is 8. The molecule has 38 nitrogen and oxygen atoms in total. The number of hydrogen-bond donors (Lipinski definition) is 8. The van der Waals surface area contributed by atoms with E-state index in [2.05, 4.69) is 40.9 Å². The molecule has 0 saturated heterocycles. The van der Waals surface area contributed by atoms with Gasteiger partial charge in [0.1, 0.15) is 48.8 Å². The predicted octanol–water partition coefficient (Wildman–Crippen LogP) is 7.17. The van der Waals surface area contributed by atoms with E-state index in [1.54, 1.807) is 12.1 Å². The van der Waals surface area contributed by atoms with E-state index in [1.165, 1.54) is 24.3 Å². The number of benzene rings is 9. The Kier molecular flexibility index (Phi) is 23.8. The van der Waals surface area contributed by atoms with E-state index >= 15 is 0 Å². The van der Waals surface area contributed by atoms with Crippen LogP contribution in [0.25, 0.3) is 43.1 Å². The summed E-state index contributed by atoms with van der Waals surface area (Å²) in [4.78, 5) is 7.81. The maximum atomic E-state index is 12.8. The van der Waals surface area contributed by atoms with Crippen molar-refractivity contribution in [2.75, 3.05) is 5.73 Å². The molecule has 0 fully saturated rings. The van der Waals surface area contributed by atoms with Crippen LogP contribution < -0.4 is 10.5 Å². The Morgan fingerprint density at radius 2 is 0.849 bits per heavy atom. The molecule has 9 N–H and O–H groups in total. The molecule has 0 bridgehead atoms. The first-order valence-corrected chi connectivity index (χ1v) is 33.0. The largest absolute Gasteiger partial charge is 0.505 e. The first-order chi connectivity index (χ1) is 43.2. The fourth-order valence-electron chi connectivity index (χ4n) is 7.82. The van der Waals surface area contributed by atoms with E-state index in [0.717, 1.165) is 65.4 Å². The number of phenolic OH excluding ortho intramolecular Hbond substituents is 3. The lowest BCUT2D eigenvalue weighted by Crippen LogP contribution is -2.01. The van der Waals surface area contributed by atoms with Crippen molar-refractivity contribution in [3.63, 3.8) is 0 Å². The van der Waals surface area contributed by atoms with Gasteiger partial charge in [0.15, 0.2) is 23.0 Å². The minimum absolute atomic E-state index is 0.0128. The molecule has 46 heteroatoms. The zero-order chi connectivity index (χ0) is 69.7. The highest BCUT2D eigenvalue weighted by Gasteiger charge is 2.26. The lowest BCUT2D eigenvalue weighted by atomic mass is 10.1. The van der Waals surface area contributed by atoms with Gasteiger partial charge in [-0.2, -0.15) is 38.8 Å². The number of anilines is 1. The minimum Gasteiger partial charge on any atom is -0.505 e. The van der Waals surface area contributed by atoms with Gasteiger partial charge in [0.2, 0.25) is 0 Å². The van der Waals surface area contributed by atoms with Gasteiger partial charge < -0.3 is 25.8 Å². The fourth-order valence-corrected chi connectivity index (χ4v) is 10.3. The van der Waals surface area contributed by atoms with Crippen LogP contribution in [0.2, 0.25) is 0 Å². The number of carbonyl (C=O) groups excluding carboxylic acids is 1. The highest BCUT2D eigenvalue weighted by Crippen LogP contribution is 2.48. The summed E-state index contributed by atoms with van der Waals surface area (Å²) in [5.41, 5.74) is 3.41. The molecule has 0 unspecified atom stereocenters. The lowest BCUT2D eigenvalue weighted by Gasteiger charge is -2.12. The maximum Gasteiger partial charge on any atom is 0.425 e. The van der Waals surface area contributed by atoms with Crippen LogP contribution in [0.5, 0.6) is 23.0 Å². The number of fused-ring (bicyclic) bond motifs is 4. The predicted molar refractivity (Wildman–Crippen MR) is 313 cm³/mol. The number of aromatic hydroxyl groups is 3. The molecule has 0 spiro atoms. The smallest absolute Gasteiger partial charge is 0.425 e. The average molecular weight is 1440 g/mol. The number of nitrogen functional groups attached to an aromatic ring is 1. The summed E-state index contributed by atoms with van der Waals surface area (Å²) in [6.07, 6.45) is 0. The first kappa shape index (κ1) is 73.0. The van der Waals surface area contributed by atoms with Crippen LogP contribution in [0.15, 0.2) is 188 Å². The van der Waals surface area contributed by atoms with Crippen LogP contribution in [0.4, 0.5) is 51.2 Å². The summed E-state index contributed by atoms with van der Waals surface area (Å²) >= 11 is 0. The average Bonchev–Trinajstić information content (AvgIpc) is 0.772. The lowest BCUT2D eigenvalue weighted by molar-refractivity contribution is -0.120. The highest BCUT2D eigenvalue weighted by atomic mass is 32.2. The van der Waals surface area contributed by atoms with Crippen molar-refractivity contribution in [3.8, 4) is 23.0 Å². The Morgan fingerprint density at radius 1 is 0.376 bits per heavy atom. The van der Waals surface area contributed by atoms with Crippen LogP contribution in [0.3, 0.4) is 0 Å². The molecular formula is C47H31N9O29S8. The van der Waals surface area contributed by atoms with Crippen LogP contribution >= 0.6 is 0 Å². The number of ether oxygens (including phenoxy) is 1. The summed E-state index contributed by atoms with van der Waals surface area (Å²) in [7, 11) is -32.6. The summed E-state index contributed by atoms with van der Waals surface area (Å²) in [5, 5.41) is 66.8. The Labute approximate surface area is 524 Å². The normalized spacial score (nSPS) is 11.7. The van der Waals surface area contributed by atoms with Crippen molar-refractivity contribution >= 4 is 184 Å². The maximum absolute atomic E-state index is 12.8. The molecule has 0 amide bonds. The third kappa shape index (κ3) is 19.6. The molecule has 0 aliphatic carbocycles. The van der Waals surface area contributed by atoms with E-state index in [0.29, 0.717) is 11.8 Å². The van der Waals surface area contributed by atoms with Gasteiger partial charge in [-0.25, -0.2) is 0 Å². The Balaban J connectivity index is 0.000000881. The third-order valence-corrected chi connectivity index (χ3v) is 14.9. The zero-order valence-electron chi connectivity index (χ0n) is 44.7. The van der Waals surface area contributed by atoms with Gasteiger partial charge in [-0.15, -0.1) is 86.3 Å². The van der Waals surface area contributed by atoms with Crippen LogP contribution in [-0.2, 0) is 87.7 Å². The van der Waals surface area contributed by atoms with Crippen molar-refractivity contribution in [2.45, 2.75) is 19.6 Å². The molecule has 93 heavy (non-hydrogen) atoms. The number of phenols is 3. The summed E-state index contributed by atoms with van der Waals surface area (Å²) in [6.45, 7) is -0.121. The molecule has 0 atom stereocenters. The zero-order valence-corrected chi connectivity index (χ0v) is 51.3. The molecule has 0 radical (unpaired) electrons. The van der Waals surface area contributed by atoms with Gasteiger partial charge in [-0.3, -0.25) is 23.0 Å². The molecule has 0 aliphatic heterocycles. The van der Waals surface area contributed by atoms with Crippen LogP contribution in [0, 0.1) is 0 Å². The Bertz CT molecular complexity index is 5530. The van der Waals surface area contributed by atoms with Gasteiger partial charge in [0.05, 0.1) is 27.3 Å². The molecular weight excluding hydrogens is 1410 g/mol. The second-order valence-electron chi connectivity index (χ2n) is 17.0. The minimum atomic E-state index is -5.17. The molecule has 0 aliphatic rings. The molecule has 0 aromatic heterocycles. The molecule has 9 aromatic carbocycles. The summed E-state index contributed by atoms with van der Waals surface area (Å²) < 4.78 is 245. The molecule has 9 aromatic rings. The number of hydrogen-bond acceptors (Lipinski definition) is 34. The van der Waals surface area contributed by atoms with E-state index in [1.807, 2.05) is 30.3 Å². The number of nitrogens with two attached hydrogens (primary N) is 1. The van der Waals surface area contributed by atoms with E-state index < -0.39 is 165 Å². The van der Waals surface area contributed by atoms with Crippen molar-refractivity contribution in [1.82, 2.24) is 0 Å². The second kappa shape index (κ2) is 30.3. The van der Waals surface area contributed by atoms with Gasteiger partial charge >= 0.3 is 42.4 Å². The van der Waals surface area contributed by atoms with Crippen LogP contribution in [-0.4, -0.2) is 124 Å². The fraction of sp³-hybridized carbons (Fsp3) is 0.